The largest absolute Gasteiger partial charge is 0.345 e. The van der Waals surface area contributed by atoms with Crippen molar-refractivity contribution in [2.75, 3.05) is 0 Å². The van der Waals surface area contributed by atoms with E-state index >= 15 is 0 Å². The summed E-state index contributed by atoms with van der Waals surface area (Å²) in [6.07, 6.45) is 1.61. The fourth-order valence-corrected chi connectivity index (χ4v) is 2.18. The summed E-state index contributed by atoms with van der Waals surface area (Å²) in [5.74, 6) is 0. The molecular formula is C15H12N2O. The van der Waals surface area contributed by atoms with E-state index in [0.717, 1.165) is 27.6 Å². The van der Waals surface area contributed by atoms with Crippen molar-refractivity contribution in [1.29, 1.82) is 0 Å². The highest BCUT2D eigenvalue weighted by molar-refractivity contribution is 5.96. The van der Waals surface area contributed by atoms with Crippen molar-refractivity contribution >= 4 is 10.8 Å². The third-order valence-corrected chi connectivity index (χ3v) is 3.06. The highest BCUT2D eigenvalue weighted by Gasteiger charge is 2.07. The molecule has 1 N–H and O–H groups in total. The van der Waals surface area contributed by atoms with Gasteiger partial charge in [-0.3, -0.25) is 0 Å². The lowest BCUT2D eigenvalue weighted by Gasteiger charge is -2.08. The predicted octanol–water partition coefficient (Wildman–Crippen LogP) is 2.90. The van der Waals surface area contributed by atoms with Crippen LogP contribution < -0.4 is 5.69 Å². The van der Waals surface area contributed by atoms with Crippen LogP contribution in [0, 0.1) is 6.92 Å². The molecule has 0 unspecified atom stereocenters. The maximum absolute atomic E-state index is 11.4. The van der Waals surface area contributed by atoms with E-state index in [1.807, 2.05) is 31.2 Å². The van der Waals surface area contributed by atoms with Gasteiger partial charge in [0.15, 0.2) is 0 Å². The maximum Gasteiger partial charge on any atom is 0.345 e. The molecule has 18 heavy (non-hydrogen) atoms. The molecule has 2 aromatic carbocycles. The molecule has 3 nitrogen and oxygen atoms in total. The van der Waals surface area contributed by atoms with Gasteiger partial charge in [0.05, 0.1) is 5.69 Å². The molecule has 0 aliphatic carbocycles. The third-order valence-electron chi connectivity index (χ3n) is 3.06. The third kappa shape index (κ3) is 1.70. The zero-order valence-corrected chi connectivity index (χ0v) is 9.97. The SMILES string of the molecule is Cc1cnc(=O)[nH]c1-c1cccc2ccccc12. The van der Waals surface area contributed by atoms with E-state index in [1.165, 1.54) is 0 Å². The summed E-state index contributed by atoms with van der Waals surface area (Å²) in [5, 5.41) is 2.29. The number of nitrogens with one attached hydrogen (secondary N) is 1. The van der Waals surface area contributed by atoms with Gasteiger partial charge >= 0.3 is 5.69 Å². The van der Waals surface area contributed by atoms with Gasteiger partial charge in [-0.2, -0.15) is 0 Å². The van der Waals surface area contributed by atoms with E-state index in [4.69, 9.17) is 0 Å². The number of fused-ring (bicyclic) bond motifs is 1. The van der Waals surface area contributed by atoms with Crippen molar-refractivity contribution in [2.24, 2.45) is 0 Å². The molecule has 3 rings (SSSR count). The van der Waals surface area contributed by atoms with Gasteiger partial charge in [-0.1, -0.05) is 42.5 Å². The summed E-state index contributed by atoms with van der Waals surface area (Å²) in [6, 6.07) is 14.2. The highest BCUT2D eigenvalue weighted by atomic mass is 16.1. The smallest absolute Gasteiger partial charge is 0.305 e. The Bertz CT molecular complexity index is 769. The topological polar surface area (TPSA) is 45.8 Å². The maximum atomic E-state index is 11.4. The van der Waals surface area contributed by atoms with Crippen LogP contribution >= 0.6 is 0 Å². The Balaban J connectivity index is 2.38. The van der Waals surface area contributed by atoms with Crippen LogP contribution in [0.5, 0.6) is 0 Å². The van der Waals surface area contributed by atoms with E-state index in [0.29, 0.717) is 0 Å². The first kappa shape index (κ1) is 10.7. The van der Waals surface area contributed by atoms with E-state index in [-0.39, 0.29) is 5.69 Å². The monoisotopic (exact) mass is 236 g/mol. The number of H-pyrrole nitrogens is 1. The molecule has 0 radical (unpaired) electrons. The first-order chi connectivity index (χ1) is 8.75. The molecule has 0 aliphatic heterocycles. The van der Waals surface area contributed by atoms with Crippen LogP contribution in [-0.2, 0) is 0 Å². The lowest BCUT2D eigenvalue weighted by molar-refractivity contribution is 1.06. The van der Waals surface area contributed by atoms with Crippen LogP contribution in [0.25, 0.3) is 22.0 Å². The van der Waals surface area contributed by atoms with Crippen molar-refractivity contribution in [1.82, 2.24) is 9.97 Å². The molecule has 3 heteroatoms. The number of nitrogens with zero attached hydrogens (tertiary/aromatic N) is 1. The van der Waals surface area contributed by atoms with Crippen molar-refractivity contribution in [3.8, 4) is 11.3 Å². The summed E-state index contributed by atoms with van der Waals surface area (Å²) in [4.78, 5) is 17.9. The van der Waals surface area contributed by atoms with E-state index in [9.17, 15) is 4.79 Å². The second kappa shape index (κ2) is 4.11. The minimum Gasteiger partial charge on any atom is -0.305 e. The minimum atomic E-state index is -0.316. The summed E-state index contributed by atoms with van der Waals surface area (Å²) >= 11 is 0. The summed E-state index contributed by atoms with van der Waals surface area (Å²) < 4.78 is 0. The second-order valence-electron chi connectivity index (χ2n) is 4.27. The molecule has 0 saturated carbocycles. The van der Waals surface area contributed by atoms with Crippen LogP contribution in [0.1, 0.15) is 5.56 Å². The second-order valence-corrected chi connectivity index (χ2v) is 4.27. The molecule has 0 atom stereocenters. The predicted molar refractivity (Wildman–Crippen MR) is 72.5 cm³/mol. The van der Waals surface area contributed by atoms with Crippen molar-refractivity contribution in [3.05, 3.63) is 64.7 Å². The zero-order chi connectivity index (χ0) is 12.5. The van der Waals surface area contributed by atoms with Crippen molar-refractivity contribution in [3.63, 3.8) is 0 Å². The van der Waals surface area contributed by atoms with Crippen LogP contribution in [0.15, 0.2) is 53.5 Å². The molecular weight excluding hydrogens is 224 g/mol. The van der Waals surface area contributed by atoms with Gasteiger partial charge in [-0.15, -0.1) is 0 Å². The van der Waals surface area contributed by atoms with Gasteiger partial charge in [0.1, 0.15) is 0 Å². The standard InChI is InChI=1S/C15H12N2O/c1-10-9-16-15(18)17-14(10)13-8-4-6-11-5-2-3-7-12(11)13/h2-9H,1H3,(H,16,17,18). The van der Waals surface area contributed by atoms with Crippen LogP contribution in [-0.4, -0.2) is 9.97 Å². The summed E-state index contributed by atoms with van der Waals surface area (Å²) in [7, 11) is 0. The Morgan fingerprint density at radius 3 is 2.72 bits per heavy atom. The van der Waals surface area contributed by atoms with Crippen LogP contribution in [0.3, 0.4) is 0 Å². The number of aromatic amines is 1. The minimum absolute atomic E-state index is 0.316. The molecule has 88 valence electrons. The first-order valence-electron chi connectivity index (χ1n) is 5.80. The molecule has 0 saturated heterocycles. The van der Waals surface area contributed by atoms with Crippen LogP contribution in [0.2, 0.25) is 0 Å². The average molecular weight is 236 g/mol. The van der Waals surface area contributed by atoms with Gasteiger partial charge in [-0.25, -0.2) is 9.78 Å². The number of aromatic nitrogens is 2. The number of rotatable bonds is 1. The van der Waals surface area contributed by atoms with Crippen molar-refractivity contribution < 1.29 is 0 Å². The van der Waals surface area contributed by atoms with Gasteiger partial charge in [0.25, 0.3) is 0 Å². The number of hydrogen-bond donors (Lipinski definition) is 1. The Labute approximate surface area is 104 Å². The normalized spacial score (nSPS) is 10.7. The van der Waals surface area contributed by atoms with Gasteiger partial charge < -0.3 is 4.98 Å². The molecule has 1 aromatic heterocycles. The number of benzene rings is 2. The summed E-state index contributed by atoms with van der Waals surface area (Å²) in [6.45, 7) is 1.94. The summed E-state index contributed by atoms with van der Waals surface area (Å²) in [5.41, 5.74) is 2.52. The van der Waals surface area contributed by atoms with E-state index in [2.05, 4.69) is 28.2 Å². The molecule has 0 spiro atoms. The highest BCUT2D eigenvalue weighted by Crippen LogP contribution is 2.28. The van der Waals surface area contributed by atoms with Gasteiger partial charge in [-0.05, 0) is 23.3 Å². The lowest BCUT2D eigenvalue weighted by atomic mass is 10.00. The lowest BCUT2D eigenvalue weighted by Crippen LogP contribution is -2.11. The molecule has 0 amide bonds. The van der Waals surface area contributed by atoms with Crippen molar-refractivity contribution in [2.45, 2.75) is 6.92 Å². The Morgan fingerprint density at radius 1 is 1.06 bits per heavy atom. The fraction of sp³-hybridized carbons (Fsp3) is 0.0667. The Hall–Kier alpha value is -2.42. The van der Waals surface area contributed by atoms with E-state index < -0.39 is 0 Å². The quantitative estimate of drug-likeness (QED) is 0.706. The van der Waals surface area contributed by atoms with Gasteiger partial charge in [0, 0.05) is 11.8 Å². The number of hydrogen-bond acceptors (Lipinski definition) is 2. The molecule has 1 heterocycles. The average Bonchev–Trinajstić information content (AvgIpc) is 2.41. The molecule has 0 fully saturated rings. The molecule has 0 bridgehead atoms. The van der Waals surface area contributed by atoms with Gasteiger partial charge in [0.2, 0.25) is 0 Å². The Kier molecular flexibility index (Phi) is 2.45. The fourth-order valence-electron chi connectivity index (χ4n) is 2.18. The first-order valence-corrected chi connectivity index (χ1v) is 5.80. The molecule has 3 aromatic rings. The number of aryl methyl sites for hydroxylation is 1. The molecule has 0 aliphatic rings. The Morgan fingerprint density at radius 2 is 1.83 bits per heavy atom. The van der Waals surface area contributed by atoms with Crippen LogP contribution in [0.4, 0.5) is 0 Å². The van der Waals surface area contributed by atoms with E-state index in [1.54, 1.807) is 6.20 Å². The zero-order valence-electron chi connectivity index (χ0n) is 9.97.